The van der Waals surface area contributed by atoms with Crippen LogP contribution in [0.25, 0.3) is 10.8 Å². The molecule has 0 aromatic heterocycles. The molecule has 0 unspecified atom stereocenters. The van der Waals surface area contributed by atoms with Crippen molar-refractivity contribution in [3.05, 3.63) is 47.5 Å². The van der Waals surface area contributed by atoms with Crippen molar-refractivity contribution >= 4 is 10.8 Å². The Balaban J connectivity index is 2.76. The zero-order chi connectivity index (χ0) is 11.8. The standard InChI is InChI=1S/C15H15N/c1-15(2,3)14-6-4-5-12-9-11(10-16)7-8-13(12)14/h4-9H,1-3H3. The topological polar surface area (TPSA) is 23.8 Å². The number of nitriles is 1. The minimum atomic E-state index is 0.133. The molecule has 0 aliphatic carbocycles. The summed E-state index contributed by atoms with van der Waals surface area (Å²) in [6.45, 7) is 6.62. The molecule has 0 N–H and O–H groups in total. The van der Waals surface area contributed by atoms with Gasteiger partial charge in [0.1, 0.15) is 0 Å². The zero-order valence-corrected chi connectivity index (χ0v) is 9.91. The molecule has 0 bridgehead atoms. The first-order valence-corrected chi connectivity index (χ1v) is 5.46. The van der Waals surface area contributed by atoms with Gasteiger partial charge < -0.3 is 0 Å². The summed E-state index contributed by atoms with van der Waals surface area (Å²) in [5.74, 6) is 0. The van der Waals surface area contributed by atoms with Gasteiger partial charge >= 0.3 is 0 Å². The Bertz CT molecular complexity index is 568. The van der Waals surface area contributed by atoms with Crippen LogP contribution in [0.2, 0.25) is 0 Å². The minimum Gasteiger partial charge on any atom is -0.192 e. The van der Waals surface area contributed by atoms with Crippen LogP contribution in [0.4, 0.5) is 0 Å². The van der Waals surface area contributed by atoms with Gasteiger partial charge in [-0.05, 0) is 33.9 Å². The molecule has 0 fully saturated rings. The lowest BCUT2D eigenvalue weighted by molar-refractivity contribution is 0.596. The maximum atomic E-state index is 8.88. The van der Waals surface area contributed by atoms with Crippen molar-refractivity contribution in [1.82, 2.24) is 0 Å². The van der Waals surface area contributed by atoms with Crippen LogP contribution in [-0.2, 0) is 5.41 Å². The molecule has 1 heteroatoms. The van der Waals surface area contributed by atoms with E-state index in [2.05, 4.69) is 51.1 Å². The Morgan fingerprint density at radius 3 is 2.44 bits per heavy atom. The van der Waals surface area contributed by atoms with Crippen LogP contribution >= 0.6 is 0 Å². The van der Waals surface area contributed by atoms with E-state index in [1.165, 1.54) is 10.9 Å². The van der Waals surface area contributed by atoms with Crippen molar-refractivity contribution in [2.45, 2.75) is 26.2 Å². The fraction of sp³-hybridized carbons (Fsp3) is 0.267. The quantitative estimate of drug-likeness (QED) is 0.643. The summed E-state index contributed by atoms with van der Waals surface area (Å²) in [5.41, 5.74) is 2.18. The van der Waals surface area contributed by atoms with Gasteiger partial charge in [-0.3, -0.25) is 0 Å². The van der Waals surface area contributed by atoms with Gasteiger partial charge in [0.25, 0.3) is 0 Å². The lowest BCUT2D eigenvalue weighted by Crippen LogP contribution is -2.11. The molecular weight excluding hydrogens is 194 g/mol. The molecule has 80 valence electrons. The molecule has 0 spiro atoms. The largest absolute Gasteiger partial charge is 0.192 e. The van der Waals surface area contributed by atoms with Gasteiger partial charge in [-0.25, -0.2) is 0 Å². The molecule has 0 aliphatic rings. The van der Waals surface area contributed by atoms with Crippen molar-refractivity contribution < 1.29 is 0 Å². The van der Waals surface area contributed by atoms with Gasteiger partial charge in [0.15, 0.2) is 0 Å². The van der Waals surface area contributed by atoms with E-state index in [1.54, 1.807) is 0 Å². The van der Waals surface area contributed by atoms with Crippen LogP contribution in [0.1, 0.15) is 31.9 Å². The fourth-order valence-corrected chi connectivity index (χ4v) is 2.01. The fourth-order valence-electron chi connectivity index (χ4n) is 2.01. The molecule has 0 radical (unpaired) electrons. The second-order valence-corrected chi connectivity index (χ2v) is 5.10. The molecule has 0 atom stereocenters. The number of hydrogen-bond acceptors (Lipinski definition) is 1. The summed E-state index contributed by atoms with van der Waals surface area (Å²) in [6.07, 6.45) is 0. The lowest BCUT2D eigenvalue weighted by Gasteiger charge is -2.21. The van der Waals surface area contributed by atoms with E-state index >= 15 is 0 Å². The summed E-state index contributed by atoms with van der Waals surface area (Å²) in [5, 5.41) is 11.3. The third-order valence-electron chi connectivity index (χ3n) is 2.82. The molecule has 16 heavy (non-hydrogen) atoms. The molecular formula is C15H15N. The predicted octanol–water partition coefficient (Wildman–Crippen LogP) is 4.01. The Morgan fingerprint density at radius 2 is 1.81 bits per heavy atom. The smallest absolute Gasteiger partial charge is 0.0991 e. The molecule has 0 saturated heterocycles. The molecule has 2 rings (SSSR count). The molecule has 0 aliphatic heterocycles. The highest BCUT2D eigenvalue weighted by Gasteiger charge is 2.16. The highest BCUT2D eigenvalue weighted by atomic mass is 14.2. The van der Waals surface area contributed by atoms with Gasteiger partial charge in [0.2, 0.25) is 0 Å². The van der Waals surface area contributed by atoms with Crippen LogP contribution in [0.15, 0.2) is 36.4 Å². The molecule has 2 aromatic carbocycles. The maximum absolute atomic E-state index is 8.88. The van der Waals surface area contributed by atoms with Crippen molar-refractivity contribution in [1.29, 1.82) is 5.26 Å². The monoisotopic (exact) mass is 209 g/mol. The van der Waals surface area contributed by atoms with E-state index in [0.717, 1.165) is 10.9 Å². The van der Waals surface area contributed by atoms with E-state index in [4.69, 9.17) is 5.26 Å². The molecule has 2 aromatic rings. The molecule has 0 heterocycles. The number of nitrogens with zero attached hydrogens (tertiary/aromatic N) is 1. The number of benzene rings is 2. The molecule has 0 saturated carbocycles. The highest BCUT2D eigenvalue weighted by molar-refractivity contribution is 5.87. The van der Waals surface area contributed by atoms with Crippen LogP contribution in [0.5, 0.6) is 0 Å². The predicted molar refractivity (Wildman–Crippen MR) is 67.4 cm³/mol. The van der Waals surface area contributed by atoms with Crippen molar-refractivity contribution in [2.24, 2.45) is 0 Å². The third kappa shape index (κ3) is 1.79. The van der Waals surface area contributed by atoms with Gasteiger partial charge in [-0.1, -0.05) is 45.0 Å². The normalized spacial score (nSPS) is 11.4. The highest BCUT2D eigenvalue weighted by Crippen LogP contribution is 2.30. The second kappa shape index (κ2) is 3.64. The molecule has 1 nitrogen and oxygen atoms in total. The number of rotatable bonds is 0. The van der Waals surface area contributed by atoms with Crippen LogP contribution in [-0.4, -0.2) is 0 Å². The Labute approximate surface area is 96.3 Å². The van der Waals surface area contributed by atoms with Crippen molar-refractivity contribution in [3.63, 3.8) is 0 Å². The lowest BCUT2D eigenvalue weighted by atomic mass is 9.83. The van der Waals surface area contributed by atoms with Crippen molar-refractivity contribution in [3.8, 4) is 6.07 Å². The Hall–Kier alpha value is -1.81. The summed E-state index contributed by atoms with van der Waals surface area (Å²) in [4.78, 5) is 0. The van der Waals surface area contributed by atoms with E-state index in [9.17, 15) is 0 Å². The minimum absolute atomic E-state index is 0.133. The number of fused-ring (bicyclic) bond motifs is 1. The van der Waals surface area contributed by atoms with Crippen LogP contribution < -0.4 is 0 Å². The zero-order valence-electron chi connectivity index (χ0n) is 9.91. The average molecular weight is 209 g/mol. The van der Waals surface area contributed by atoms with Gasteiger partial charge in [0.05, 0.1) is 11.6 Å². The van der Waals surface area contributed by atoms with E-state index in [0.29, 0.717) is 0 Å². The van der Waals surface area contributed by atoms with Crippen LogP contribution in [0, 0.1) is 11.3 Å². The first-order valence-electron chi connectivity index (χ1n) is 5.46. The van der Waals surface area contributed by atoms with Gasteiger partial charge in [-0.2, -0.15) is 5.26 Å². The average Bonchev–Trinajstić information content (AvgIpc) is 2.26. The van der Waals surface area contributed by atoms with E-state index < -0.39 is 0 Å². The summed E-state index contributed by atoms with van der Waals surface area (Å²) < 4.78 is 0. The maximum Gasteiger partial charge on any atom is 0.0991 e. The Morgan fingerprint density at radius 1 is 1.06 bits per heavy atom. The van der Waals surface area contributed by atoms with Gasteiger partial charge in [-0.15, -0.1) is 0 Å². The van der Waals surface area contributed by atoms with Crippen molar-refractivity contribution in [2.75, 3.05) is 0 Å². The summed E-state index contributed by atoms with van der Waals surface area (Å²) in [7, 11) is 0. The second-order valence-electron chi connectivity index (χ2n) is 5.10. The SMILES string of the molecule is CC(C)(C)c1cccc2cc(C#N)ccc12. The summed E-state index contributed by atoms with van der Waals surface area (Å²) in [6, 6.07) is 14.3. The van der Waals surface area contributed by atoms with Gasteiger partial charge in [0, 0.05) is 0 Å². The summed E-state index contributed by atoms with van der Waals surface area (Å²) >= 11 is 0. The number of hydrogen-bond donors (Lipinski definition) is 0. The molecule has 0 amide bonds. The Kier molecular flexibility index (Phi) is 2.44. The van der Waals surface area contributed by atoms with E-state index in [1.807, 2.05) is 12.1 Å². The third-order valence-corrected chi connectivity index (χ3v) is 2.82. The first kappa shape index (κ1) is 10.7. The van der Waals surface area contributed by atoms with E-state index in [-0.39, 0.29) is 5.41 Å². The van der Waals surface area contributed by atoms with Crippen LogP contribution in [0.3, 0.4) is 0 Å². The first-order chi connectivity index (χ1) is 7.52.